The van der Waals surface area contributed by atoms with Gasteiger partial charge in [-0.2, -0.15) is 9.97 Å². The SMILES string of the molecule is CN/C=C(\C=N)[C@H]1CN(c2nc(OC[C@H]3CC3(C)C)c3cc(C)c(C)nc3n2)CCO1. The summed E-state index contributed by atoms with van der Waals surface area (Å²) in [6, 6.07) is 2.07. The molecule has 0 amide bonds. The third-order valence-corrected chi connectivity index (χ3v) is 6.42. The van der Waals surface area contributed by atoms with E-state index in [1.54, 1.807) is 6.20 Å². The predicted octanol–water partition coefficient (Wildman–Crippen LogP) is 3.02. The van der Waals surface area contributed by atoms with Crippen molar-refractivity contribution >= 4 is 23.2 Å². The molecule has 0 bridgehead atoms. The number of fused-ring (bicyclic) bond motifs is 1. The highest BCUT2D eigenvalue weighted by atomic mass is 16.5. The number of ether oxygens (including phenoxy) is 2. The van der Waals surface area contributed by atoms with E-state index < -0.39 is 0 Å². The van der Waals surface area contributed by atoms with Crippen molar-refractivity contribution in [3.63, 3.8) is 0 Å². The number of pyridine rings is 1. The highest BCUT2D eigenvalue weighted by Crippen LogP contribution is 2.51. The van der Waals surface area contributed by atoms with Gasteiger partial charge in [-0.1, -0.05) is 13.8 Å². The van der Waals surface area contributed by atoms with Crippen LogP contribution in [-0.4, -0.2) is 60.6 Å². The molecule has 8 heteroatoms. The summed E-state index contributed by atoms with van der Waals surface area (Å²) in [5.41, 5.74) is 3.83. The first-order chi connectivity index (χ1) is 14.8. The van der Waals surface area contributed by atoms with Crippen molar-refractivity contribution in [2.45, 2.75) is 40.2 Å². The Kier molecular flexibility index (Phi) is 5.83. The second-order valence-electron chi connectivity index (χ2n) is 9.17. The van der Waals surface area contributed by atoms with Crippen LogP contribution in [-0.2, 0) is 4.74 Å². The Balaban J connectivity index is 1.66. The van der Waals surface area contributed by atoms with Crippen LogP contribution < -0.4 is 15.0 Å². The van der Waals surface area contributed by atoms with E-state index in [9.17, 15) is 0 Å². The van der Waals surface area contributed by atoms with E-state index in [-0.39, 0.29) is 6.10 Å². The molecule has 4 rings (SSSR count). The summed E-state index contributed by atoms with van der Waals surface area (Å²) in [7, 11) is 1.82. The van der Waals surface area contributed by atoms with E-state index in [2.05, 4.69) is 30.1 Å². The zero-order valence-corrected chi connectivity index (χ0v) is 19.0. The minimum Gasteiger partial charge on any atom is -0.477 e. The van der Waals surface area contributed by atoms with Crippen LogP contribution in [0.5, 0.6) is 5.88 Å². The molecule has 0 unspecified atom stereocenters. The molecule has 1 aliphatic heterocycles. The average Bonchev–Trinajstić information content (AvgIpc) is 3.37. The van der Waals surface area contributed by atoms with Crippen LogP contribution >= 0.6 is 0 Å². The van der Waals surface area contributed by atoms with E-state index in [0.29, 0.717) is 55.1 Å². The van der Waals surface area contributed by atoms with Gasteiger partial charge in [0.05, 0.1) is 25.1 Å². The Hall–Kier alpha value is -2.74. The van der Waals surface area contributed by atoms with Gasteiger partial charge in [-0.25, -0.2) is 4.98 Å². The summed E-state index contributed by atoms with van der Waals surface area (Å²) in [5, 5.41) is 11.5. The summed E-state index contributed by atoms with van der Waals surface area (Å²) in [4.78, 5) is 16.4. The number of nitrogens with zero attached hydrogens (tertiary/aromatic N) is 4. The normalized spacial score (nSPS) is 23.0. The number of nitrogens with one attached hydrogen (secondary N) is 2. The molecule has 0 radical (unpaired) electrons. The van der Waals surface area contributed by atoms with Crippen molar-refractivity contribution in [3.8, 4) is 5.88 Å². The molecule has 3 heterocycles. The van der Waals surface area contributed by atoms with Crippen molar-refractivity contribution in [2.24, 2.45) is 11.3 Å². The van der Waals surface area contributed by atoms with Crippen LogP contribution in [0, 0.1) is 30.6 Å². The molecule has 2 fully saturated rings. The Morgan fingerprint density at radius 2 is 2.13 bits per heavy atom. The van der Waals surface area contributed by atoms with Gasteiger partial charge in [0.15, 0.2) is 5.65 Å². The zero-order chi connectivity index (χ0) is 22.2. The molecule has 31 heavy (non-hydrogen) atoms. The maximum atomic E-state index is 7.70. The van der Waals surface area contributed by atoms with Crippen molar-refractivity contribution in [3.05, 3.63) is 29.1 Å². The van der Waals surface area contributed by atoms with E-state index in [1.807, 2.05) is 20.9 Å². The Bertz CT molecular complexity index is 1020. The summed E-state index contributed by atoms with van der Waals surface area (Å²) >= 11 is 0. The number of aromatic nitrogens is 3. The lowest BCUT2D eigenvalue weighted by Gasteiger charge is -2.33. The van der Waals surface area contributed by atoms with Gasteiger partial charge < -0.3 is 25.1 Å². The smallest absolute Gasteiger partial charge is 0.230 e. The summed E-state index contributed by atoms with van der Waals surface area (Å²) in [6.45, 7) is 11.0. The monoisotopic (exact) mass is 424 g/mol. The first kappa shape index (κ1) is 21.5. The number of hydrogen-bond donors (Lipinski definition) is 2. The largest absolute Gasteiger partial charge is 0.477 e. The Morgan fingerprint density at radius 3 is 2.81 bits per heavy atom. The van der Waals surface area contributed by atoms with Gasteiger partial charge in [0.25, 0.3) is 0 Å². The second kappa shape index (κ2) is 8.42. The summed E-state index contributed by atoms with van der Waals surface area (Å²) in [6.07, 6.45) is 4.07. The lowest BCUT2D eigenvalue weighted by atomic mass is 10.1. The van der Waals surface area contributed by atoms with Crippen molar-refractivity contribution in [1.82, 2.24) is 20.3 Å². The average molecular weight is 425 g/mol. The topological polar surface area (TPSA) is 96.3 Å². The maximum absolute atomic E-state index is 7.70. The van der Waals surface area contributed by atoms with E-state index in [4.69, 9.17) is 29.8 Å². The number of morpholine rings is 1. The van der Waals surface area contributed by atoms with Gasteiger partial charge in [-0.05, 0) is 43.2 Å². The lowest BCUT2D eigenvalue weighted by Crippen LogP contribution is -2.44. The standard InChI is InChI=1S/C23H32N6O2/c1-14-8-18-20(26-15(14)2)27-22(28-21(18)31-13-17-9-23(17,3)4)29-6-7-30-19(12-29)16(10-24)11-25-5/h8,10-11,17,19,24-25H,6-7,9,12-13H2,1-5H3/b16-11+,24-10?/t17-,19-/m1/s1. The predicted molar refractivity (Wildman–Crippen MR) is 122 cm³/mol. The van der Waals surface area contributed by atoms with Crippen LogP contribution in [0.1, 0.15) is 31.5 Å². The minimum absolute atomic E-state index is 0.220. The van der Waals surface area contributed by atoms with Gasteiger partial charge in [0, 0.05) is 37.3 Å². The fraction of sp³-hybridized carbons (Fsp3) is 0.565. The van der Waals surface area contributed by atoms with Crippen LogP contribution in [0.2, 0.25) is 0 Å². The van der Waals surface area contributed by atoms with Crippen LogP contribution in [0.15, 0.2) is 17.8 Å². The number of hydrogen-bond acceptors (Lipinski definition) is 8. The quantitative estimate of drug-likeness (QED) is 0.660. The van der Waals surface area contributed by atoms with Gasteiger partial charge in [0.2, 0.25) is 11.8 Å². The summed E-state index contributed by atoms with van der Waals surface area (Å²) in [5.74, 6) is 1.74. The maximum Gasteiger partial charge on any atom is 0.230 e. The molecule has 0 aromatic carbocycles. The zero-order valence-electron chi connectivity index (χ0n) is 19.0. The van der Waals surface area contributed by atoms with E-state index >= 15 is 0 Å². The molecular formula is C23H32N6O2. The van der Waals surface area contributed by atoms with Crippen LogP contribution in [0.25, 0.3) is 11.0 Å². The number of rotatable bonds is 7. The minimum atomic E-state index is -0.220. The Labute approximate surface area is 183 Å². The lowest BCUT2D eigenvalue weighted by molar-refractivity contribution is 0.0671. The third-order valence-electron chi connectivity index (χ3n) is 6.42. The van der Waals surface area contributed by atoms with Gasteiger partial charge in [-0.3, -0.25) is 0 Å². The van der Waals surface area contributed by atoms with Gasteiger partial charge in [0.1, 0.15) is 6.10 Å². The van der Waals surface area contributed by atoms with Gasteiger partial charge >= 0.3 is 0 Å². The summed E-state index contributed by atoms with van der Waals surface area (Å²) < 4.78 is 12.1. The molecule has 166 valence electrons. The second-order valence-corrected chi connectivity index (χ2v) is 9.17. The van der Waals surface area contributed by atoms with Crippen molar-refractivity contribution < 1.29 is 9.47 Å². The molecule has 8 nitrogen and oxygen atoms in total. The molecular weight excluding hydrogens is 392 g/mol. The Morgan fingerprint density at radius 1 is 1.35 bits per heavy atom. The molecule has 2 atom stereocenters. The van der Waals surface area contributed by atoms with E-state index in [1.165, 1.54) is 12.6 Å². The molecule has 0 spiro atoms. The molecule has 1 saturated heterocycles. The fourth-order valence-corrected chi connectivity index (χ4v) is 3.92. The molecule has 2 N–H and O–H groups in total. The third kappa shape index (κ3) is 4.49. The van der Waals surface area contributed by atoms with Crippen LogP contribution in [0.4, 0.5) is 5.95 Å². The van der Waals surface area contributed by atoms with Gasteiger partial charge in [-0.15, -0.1) is 0 Å². The molecule has 1 aliphatic carbocycles. The van der Waals surface area contributed by atoms with Crippen LogP contribution in [0.3, 0.4) is 0 Å². The highest BCUT2D eigenvalue weighted by molar-refractivity contribution is 5.82. The molecule has 1 saturated carbocycles. The fourth-order valence-electron chi connectivity index (χ4n) is 3.92. The molecule has 2 aromatic rings. The van der Waals surface area contributed by atoms with E-state index in [0.717, 1.165) is 22.2 Å². The first-order valence-corrected chi connectivity index (χ1v) is 10.9. The highest BCUT2D eigenvalue weighted by Gasteiger charge is 2.46. The van der Waals surface area contributed by atoms with Crippen molar-refractivity contribution in [2.75, 3.05) is 38.3 Å². The number of aryl methyl sites for hydroxylation is 2. The number of anilines is 1. The molecule has 2 aromatic heterocycles. The molecule has 2 aliphatic rings. The van der Waals surface area contributed by atoms with Crippen molar-refractivity contribution in [1.29, 1.82) is 5.41 Å². The first-order valence-electron chi connectivity index (χ1n) is 10.9.